The van der Waals surface area contributed by atoms with E-state index < -0.39 is 0 Å². The van der Waals surface area contributed by atoms with Gasteiger partial charge >= 0.3 is 0 Å². The number of anilines is 1. The third-order valence-corrected chi connectivity index (χ3v) is 4.66. The zero-order valence-corrected chi connectivity index (χ0v) is 14.5. The molecule has 4 nitrogen and oxygen atoms in total. The molecule has 2 aromatic rings. The molecule has 0 fully saturated rings. The van der Waals surface area contributed by atoms with Gasteiger partial charge in [0.15, 0.2) is 0 Å². The Kier molecular flexibility index (Phi) is 4.10. The molecule has 5 heteroatoms. The van der Waals surface area contributed by atoms with Gasteiger partial charge in [-0.05, 0) is 59.9 Å². The lowest BCUT2D eigenvalue weighted by molar-refractivity contribution is 1.11. The van der Waals surface area contributed by atoms with Gasteiger partial charge in [0.25, 0.3) is 0 Å². The van der Waals surface area contributed by atoms with Gasteiger partial charge in [-0.25, -0.2) is 4.98 Å². The Morgan fingerprint density at radius 3 is 2.75 bits per heavy atom. The van der Waals surface area contributed by atoms with E-state index in [1.54, 1.807) is 6.92 Å². The first kappa shape index (κ1) is 16.2. The Hall–Kier alpha value is -2.69. The number of aromatic nitrogens is 1. The fraction of sp³-hybridized carbons (Fsp3) is 0.211. The number of hydrogen-bond acceptors (Lipinski definition) is 4. The molecule has 1 aliphatic carbocycles. The first-order valence-electron chi connectivity index (χ1n) is 7.98. The summed E-state index contributed by atoms with van der Waals surface area (Å²) < 4.78 is 0. The van der Waals surface area contributed by atoms with E-state index in [2.05, 4.69) is 54.2 Å². The monoisotopic (exact) mass is 317 g/mol. The molecule has 24 heavy (non-hydrogen) atoms. The average Bonchev–Trinajstić information content (AvgIpc) is 2.96. The van der Waals surface area contributed by atoms with E-state index in [4.69, 9.17) is 0 Å². The minimum absolute atomic E-state index is 0.423. The summed E-state index contributed by atoms with van der Waals surface area (Å²) in [5, 5.41) is 6.41. The summed E-state index contributed by atoms with van der Waals surface area (Å²) in [5.74, 6) is 0.732. The number of allylic oxidation sites excluding steroid dienone is 1. The lowest BCUT2D eigenvalue weighted by Gasteiger charge is -2.15. The molecular formula is C19H20BN3O. The minimum Gasteiger partial charge on any atom is -0.340 e. The second-order valence-electron chi connectivity index (χ2n) is 6.39. The summed E-state index contributed by atoms with van der Waals surface area (Å²) in [6.07, 6.45) is 3.04. The summed E-state index contributed by atoms with van der Waals surface area (Å²) >= 11 is 0. The van der Waals surface area contributed by atoms with Crippen LogP contribution in [-0.2, 0) is 6.42 Å². The largest absolute Gasteiger partial charge is 0.340 e. The van der Waals surface area contributed by atoms with Crippen molar-refractivity contribution in [2.24, 2.45) is 5.18 Å². The summed E-state index contributed by atoms with van der Waals surface area (Å²) in [6.45, 7) is 9.80. The maximum absolute atomic E-state index is 11.0. The van der Waals surface area contributed by atoms with E-state index in [1.807, 2.05) is 13.8 Å². The van der Waals surface area contributed by atoms with Crippen LogP contribution < -0.4 is 10.8 Å². The van der Waals surface area contributed by atoms with Crippen LogP contribution in [0.15, 0.2) is 41.2 Å². The molecule has 0 aliphatic heterocycles. The maximum Gasteiger partial charge on any atom is 0.139 e. The van der Waals surface area contributed by atoms with Gasteiger partial charge in [0.05, 0.1) is 5.69 Å². The van der Waals surface area contributed by atoms with Gasteiger partial charge in [0, 0.05) is 12.1 Å². The van der Waals surface area contributed by atoms with E-state index >= 15 is 0 Å². The first-order valence-corrected chi connectivity index (χ1v) is 7.98. The molecule has 3 rings (SSSR count). The zero-order chi connectivity index (χ0) is 17.4. The highest BCUT2D eigenvalue weighted by atomic mass is 16.3. The maximum atomic E-state index is 11.0. The van der Waals surface area contributed by atoms with Gasteiger partial charge in [0.1, 0.15) is 19.4 Å². The lowest BCUT2D eigenvalue weighted by atomic mass is 9.93. The van der Waals surface area contributed by atoms with Gasteiger partial charge < -0.3 is 5.32 Å². The molecule has 0 spiro atoms. The van der Waals surface area contributed by atoms with Crippen LogP contribution in [-0.4, -0.2) is 12.8 Å². The average molecular weight is 317 g/mol. The molecule has 0 atom stereocenters. The molecule has 0 saturated heterocycles. The second kappa shape index (κ2) is 6.08. The molecule has 0 bridgehead atoms. The van der Waals surface area contributed by atoms with Crippen LogP contribution in [0.3, 0.4) is 0 Å². The summed E-state index contributed by atoms with van der Waals surface area (Å²) in [7, 11) is 2.10. The van der Waals surface area contributed by atoms with Crippen LogP contribution in [0.2, 0.25) is 0 Å². The van der Waals surface area contributed by atoms with Crippen LogP contribution in [0.4, 0.5) is 11.5 Å². The molecule has 1 aliphatic rings. The van der Waals surface area contributed by atoms with E-state index in [-0.39, 0.29) is 0 Å². The van der Waals surface area contributed by atoms with Gasteiger partial charge in [-0.1, -0.05) is 30.2 Å². The quantitative estimate of drug-likeness (QED) is 0.696. The number of rotatable bonds is 4. The van der Waals surface area contributed by atoms with Crippen LogP contribution in [0.5, 0.6) is 0 Å². The second-order valence-corrected chi connectivity index (χ2v) is 6.39. The third kappa shape index (κ3) is 2.78. The van der Waals surface area contributed by atoms with E-state index in [9.17, 15) is 4.91 Å². The highest BCUT2D eigenvalue weighted by Gasteiger charge is 2.17. The van der Waals surface area contributed by atoms with Crippen molar-refractivity contribution in [3.05, 3.63) is 68.9 Å². The number of aryl methyl sites for hydroxylation is 1. The van der Waals surface area contributed by atoms with Gasteiger partial charge in [-0.3, -0.25) is 0 Å². The van der Waals surface area contributed by atoms with Gasteiger partial charge in [-0.15, -0.1) is 4.91 Å². The van der Waals surface area contributed by atoms with Gasteiger partial charge in [-0.2, -0.15) is 0 Å². The Balaban J connectivity index is 1.87. The Morgan fingerprint density at radius 2 is 2.04 bits per heavy atom. The van der Waals surface area contributed by atoms with Crippen molar-refractivity contribution < 1.29 is 0 Å². The summed E-state index contributed by atoms with van der Waals surface area (Å²) in [4.78, 5) is 15.4. The normalized spacial score (nSPS) is 12.5. The predicted octanol–water partition coefficient (Wildman–Crippen LogP) is 3.23. The van der Waals surface area contributed by atoms with Crippen LogP contribution >= 0.6 is 0 Å². The van der Waals surface area contributed by atoms with E-state index in [0.29, 0.717) is 11.4 Å². The van der Waals surface area contributed by atoms with Crippen molar-refractivity contribution in [1.82, 2.24) is 4.98 Å². The molecule has 0 unspecified atom stereocenters. The van der Waals surface area contributed by atoms with E-state index in [1.165, 1.54) is 16.6 Å². The standard InChI is InChI=1S/C19H20BN3O/c1-10-11(2)19(22-13(4)18(10)23-24)21-12(3)15-7-14-5-6-17(20)9-16(14)8-15/h5-6,8-9H,3,7,20H2,1-2,4H3,(H,21,22). The topological polar surface area (TPSA) is 54.4 Å². The fourth-order valence-corrected chi connectivity index (χ4v) is 3.06. The smallest absolute Gasteiger partial charge is 0.139 e. The Labute approximate surface area is 143 Å². The number of nitrogens with zero attached hydrogens (tertiary/aromatic N) is 2. The lowest BCUT2D eigenvalue weighted by Crippen LogP contribution is -2.07. The molecule has 1 aromatic carbocycles. The minimum atomic E-state index is 0.423. The molecule has 120 valence electrons. The van der Waals surface area contributed by atoms with Crippen molar-refractivity contribution in [2.45, 2.75) is 27.2 Å². The number of fused-ring (bicyclic) bond motifs is 1. The predicted molar refractivity (Wildman–Crippen MR) is 103 cm³/mol. The molecule has 0 saturated carbocycles. The number of hydrogen-bond donors (Lipinski definition) is 1. The molecule has 1 aromatic heterocycles. The molecule has 1 heterocycles. The number of pyridine rings is 1. The Morgan fingerprint density at radius 1 is 1.29 bits per heavy atom. The first-order chi connectivity index (χ1) is 11.4. The molecule has 0 radical (unpaired) electrons. The van der Waals surface area contributed by atoms with E-state index in [0.717, 1.165) is 34.6 Å². The van der Waals surface area contributed by atoms with Gasteiger partial charge in [0.2, 0.25) is 0 Å². The van der Waals surface area contributed by atoms with Crippen LogP contribution in [0.1, 0.15) is 27.9 Å². The highest BCUT2D eigenvalue weighted by Crippen LogP contribution is 2.32. The number of benzene rings is 1. The van der Waals surface area contributed by atoms with Crippen LogP contribution in [0, 0.1) is 25.7 Å². The van der Waals surface area contributed by atoms with Crippen molar-refractivity contribution in [2.75, 3.05) is 5.32 Å². The van der Waals surface area contributed by atoms with Crippen molar-refractivity contribution in [3.63, 3.8) is 0 Å². The fourth-order valence-electron chi connectivity index (χ4n) is 3.06. The highest BCUT2D eigenvalue weighted by molar-refractivity contribution is 6.32. The van der Waals surface area contributed by atoms with Crippen LogP contribution in [0.25, 0.3) is 6.08 Å². The SMILES string of the molecule is Bc1ccc2c(c1)C=C(C(=C)Nc1nc(C)c(N=O)c(C)c1C)C2. The number of nitrogens with one attached hydrogen (secondary N) is 1. The van der Waals surface area contributed by atoms with Crippen molar-refractivity contribution >= 4 is 30.9 Å². The van der Waals surface area contributed by atoms with Crippen molar-refractivity contribution in [1.29, 1.82) is 0 Å². The third-order valence-electron chi connectivity index (χ3n) is 4.66. The zero-order valence-electron chi connectivity index (χ0n) is 14.5. The molecular weight excluding hydrogens is 297 g/mol. The number of nitroso groups, excluding NO2 is 1. The summed E-state index contributed by atoms with van der Waals surface area (Å²) in [6, 6.07) is 6.50. The summed E-state index contributed by atoms with van der Waals surface area (Å²) in [5.41, 5.74) is 8.65. The molecule has 1 N–H and O–H groups in total. The molecule has 0 amide bonds. The van der Waals surface area contributed by atoms with Crippen molar-refractivity contribution in [3.8, 4) is 0 Å². The Bertz CT molecular complexity index is 900.